The summed E-state index contributed by atoms with van der Waals surface area (Å²) in [5.74, 6) is 1.31. The molecule has 0 unspecified atom stereocenters. The highest BCUT2D eigenvalue weighted by Gasteiger charge is 2.42. The minimum atomic E-state index is -0.0652. The maximum atomic E-state index is 11.6. The van der Waals surface area contributed by atoms with Crippen molar-refractivity contribution in [3.63, 3.8) is 0 Å². The van der Waals surface area contributed by atoms with E-state index in [1.165, 1.54) is 25.7 Å². The molecule has 2 N–H and O–H groups in total. The van der Waals surface area contributed by atoms with Crippen LogP contribution in [0.4, 0.5) is 0 Å². The Morgan fingerprint density at radius 1 is 1.12 bits per heavy atom. The SMILES string of the molecule is CCC(=O)NCC(=O)NC(C1CC1)C1CC1. The molecule has 16 heavy (non-hydrogen) atoms. The Balaban J connectivity index is 1.70. The van der Waals surface area contributed by atoms with Crippen molar-refractivity contribution in [3.05, 3.63) is 0 Å². The van der Waals surface area contributed by atoms with Crippen molar-refractivity contribution < 1.29 is 9.59 Å². The third-order valence-electron chi connectivity index (χ3n) is 3.35. The van der Waals surface area contributed by atoms with Crippen molar-refractivity contribution in [1.82, 2.24) is 10.6 Å². The molecule has 0 bridgehead atoms. The van der Waals surface area contributed by atoms with Crippen molar-refractivity contribution in [3.8, 4) is 0 Å². The summed E-state index contributed by atoms with van der Waals surface area (Å²) in [7, 11) is 0. The van der Waals surface area contributed by atoms with Gasteiger partial charge in [0.2, 0.25) is 11.8 Å². The Bertz CT molecular complexity index is 271. The van der Waals surface area contributed by atoms with Gasteiger partial charge in [-0.3, -0.25) is 9.59 Å². The van der Waals surface area contributed by atoms with Crippen LogP contribution in [0.25, 0.3) is 0 Å². The molecule has 2 aliphatic carbocycles. The first kappa shape index (κ1) is 11.4. The molecule has 0 aromatic rings. The third-order valence-corrected chi connectivity index (χ3v) is 3.35. The molecule has 2 saturated carbocycles. The zero-order valence-corrected chi connectivity index (χ0v) is 9.79. The molecule has 0 saturated heterocycles. The second kappa shape index (κ2) is 4.85. The Hall–Kier alpha value is -1.06. The summed E-state index contributed by atoms with van der Waals surface area (Å²) in [6, 6.07) is 0.381. The zero-order chi connectivity index (χ0) is 11.5. The summed E-state index contributed by atoms with van der Waals surface area (Å²) in [5.41, 5.74) is 0. The van der Waals surface area contributed by atoms with Crippen LogP contribution in [0.3, 0.4) is 0 Å². The van der Waals surface area contributed by atoms with Gasteiger partial charge in [0, 0.05) is 12.5 Å². The molecular formula is C12H20N2O2. The number of rotatable bonds is 6. The van der Waals surface area contributed by atoms with E-state index in [0.717, 1.165) is 0 Å². The molecule has 0 aliphatic heterocycles. The van der Waals surface area contributed by atoms with Crippen molar-refractivity contribution in [2.75, 3.05) is 6.54 Å². The van der Waals surface area contributed by atoms with E-state index >= 15 is 0 Å². The molecule has 0 atom stereocenters. The van der Waals surface area contributed by atoms with Crippen LogP contribution in [-0.4, -0.2) is 24.4 Å². The second-order valence-electron chi connectivity index (χ2n) is 4.90. The van der Waals surface area contributed by atoms with Gasteiger partial charge in [-0.2, -0.15) is 0 Å². The quantitative estimate of drug-likeness (QED) is 0.701. The van der Waals surface area contributed by atoms with Crippen molar-refractivity contribution in [2.45, 2.75) is 45.1 Å². The van der Waals surface area contributed by atoms with E-state index in [4.69, 9.17) is 0 Å². The van der Waals surface area contributed by atoms with Crippen LogP contribution in [0, 0.1) is 11.8 Å². The molecule has 0 aromatic heterocycles. The van der Waals surface area contributed by atoms with Gasteiger partial charge in [0.15, 0.2) is 0 Å². The van der Waals surface area contributed by atoms with E-state index in [1.807, 2.05) is 0 Å². The predicted molar refractivity (Wildman–Crippen MR) is 60.7 cm³/mol. The third kappa shape index (κ3) is 3.22. The fourth-order valence-corrected chi connectivity index (χ4v) is 2.07. The fraction of sp³-hybridized carbons (Fsp3) is 0.833. The minimum Gasteiger partial charge on any atom is -0.351 e. The molecule has 0 aromatic carbocycles. The number of carbonyl (C=O) groups excluding carboxylic acids is 2. The van der Waals surface area contributed by atoms with E-state index in [-0.39, 0.29) is 18.4 Å². The highest BCUT2D eigenvalue weighted by molar-refractivity contribution is 5.84. The van der Waals surface area contributed by atoms with Gasteiger partial charge < -0.3 is 10.6 Å². The molecule has 0 spiro atoms. The van der Waals surface area contributed by atoms with E-state index < -0.39 is 0 Å². The molecule has 2 rings (SSSR count). The lowest BCUT2D eigenvalue weighted by molar-refractivity contribution is -0.126. The number of amides is 2. The van der Waals surface area contributed by atoms with Crippen molar-refractivity contribution in [1.29, 1.82) is 0 Å². The first-order valence-electron chi connectivity index (χ1n) is 6.26. The first-order chi connectivity index (χ1) is 7.70. The van der Waals surface area contributed by atoms with Gasteiger partial charge >= 0.3 is 0 Å². The average molecular weight is 224 g/mol. The Morgan fingerprint density at radius 3 is 2.12 bits per heavy atom. The summed E-state index contributed by atoms with van der Waals surface area (Å²) in [5, 5.41) is 5.67. The molecule has 0 radical (unpaired) electrons. The molecular weight excluding hydrogens is 204 g/mol. The number of hydrogen-bond donors (Lipinski definition) is 2. The van der Waals surface area contributed by atoms with Crippen molar-refractivity contribution in [2.24, 2.45) is 11.8 Å². The highest BCUT2D eigenvalue weighted by atomic mass is 16.2. The second-order valence-corrected chi connectivity index (χ2v) is 4.90. The van der Waals surface area contributed by atoms with Gasteiger partial charge in [0.1, 0.15) is 0 Å². The molecule has 4 nitrogen and oxygen atoms in total. The lowest BCUT2D eigenvalue weighted by atomic mass is 10.1. The van der Waals surface area contributed by atoms with Crippen LogP contribution in [0.15, 0.2) is 0 Å². The molecule has 4 heteroatoms. The Morgan fingerprint density at radius 2 is 1.69 bits per heavy atom. The number of carbonyl (C=O) groups is 2. The lowest BCUT2D eigenvalue weighted by Crippen LogP contribution is -2.43. The van der Waals surface area contributed by atoms with Crippen LogP contribution in [0.2, 0.25) is 0 Å². The van der Waals surface area contributed by atoms with Gasteiger partial charge in [-0.25, -0.2) is 0 Å². The minimum absolute atomic E-state index is 0.0365. The van der Waals surface area contributed by atoms with E-state index in [0.29, 0.717) is 24.3 Å². The van der Waals surface area contributed by atoms with E-state index in [2.05, 4.69) is 10.6 Å². The Kier molecular flexibility index (Phi) is 3.46. The van der Waals surface area contributed by atoms with Crippen LogP contribution in [0.5, 0.6) is 0 Å². The van der Waals surface area contributed by atoms with E-state index in [1.54, 1.807) is 6.92 Å². The summed E-state index contributed by atoms with van der Waals surface area (Å²) >= 11 is 0. The monoisotopic (exact) mass is 224 g/mol. The Labute approximate surface area is 96.2 Å². The van der Waals surface area contributed by atoms with Gasteiger partial charge in [0.25, 0.3) is 0 Å². The predicted octanol–water partition coefficient (Wildman–Crippen LogP) is 0.817. The van der Waals surface area contributed by atoms with Crippen LogP contribution >= 0.6 is 0 Å². The summed E-state index contributed by atoms with van der Waals surface area (Å²) in [4.78, 5) is 22.6. The van der Waals surface area contributed by atoms with Gasteiger partial charge in [-0.15, -0.1) is 0 Å². The summed E-state index contributed by atoms with van der Waals surface area (Å²) in [6.07, 6.45) is 5.44. The van der Waals surface area contributed by atoms with Gasteiger partial charge in [0.05, 0.1) is 6.54 Å². The summed E-state index contributed by atoms with van der Waals surface area (Å²) < 4.78 is 0. The molecule has 2 aliphatic rings. The maximum absolute atomic E-state index is 11.6. The molecule has 90 valence electrons. The summed E-state index contributed by atoms with van der Waals surface area (Å²) in [6.45, 7) is 1.91. The molecule has 2 fully saturated rings. The van der Waals surface area contributed by atoms with Gasteiger partial charge in [-0.05, 0) is 37.5 Å². The normalized spacial score (nSPS) is 19.6. The zero-order valence-electron chi connectivity index (χ0n) is 9.79. The first-order valence-corrected chi connectivity index (χ1v) is 6.26. The molecule has 2 amide bonds. The van der Waals surface area contributed by atoms with Crippen LogP contribution in [0.1, 0.15) is 39.0 Å². The van der Waals surface area contributed by atoms with E-state index in [9.17, 15) is 9.59 Å². The highest BCUT2D eigenvalue weighted by Crippen LogP contribution is 2.44. The van der Waals surface area contributed by atoms with Crippen LogP contribution < -0.4 is 10.6 Å². The number of nitrogens with one attached hydrogen (secondary N) is 2. The van der Waals surface area contributed by atoms with Crippen LogP contribution in [-0.2, 0) is 9.59 Å². The fourth-order valence-electron chi connectivity index (χ4n) is 2.07. The van der Waals surface area contributed by atoms with Gasteiger partial charge in [-0.1, -0.05) is 6.92 Å². The smallest absolute Gasteiger partial charge is 0.239 e. The molecule has 0 heterocycles. The standard InChI is InChI=1S/C12H20N2O2/c1-2-10(15)13-7-11(16)14-12(8-3-4-8)9-5-6-9/h8-9,12H,2-7H2,1H3,(H,13,15)(H,14,16). The maximum Gasteiger partial charge on any atom is 0.239 e. The number of hydrogen-bond acceptors (Lipinski definition) is 2. The largest absolute Gasteiger partial charge is 0.351 e. The average Bonchev–Trinajstić information content (AvgIpc) is 3.15. The topological polar surface area (TPSA) is 58.2 Å². The van der Waals surface area contributed by atoms with Crippen molar-refractivity contribution >= 4 is 11.8 Å². The lowest BCUT2D eigenvalue weighted by Gasteiger charge is -2.17.